The number of nitrogens with zero attached hydrogens (tertiary/aromatic N) is 1. The van der Waals surface area contributed by atoms with Crippen LogP contribution in [0.5, 0.6) is 5.75 Å². The van der Waals surface area contributed by atoms with Gasteiger partial charge in [0.2, 0.25) is 0 Å². The maximum atomic E-state index is 12.1. The van der Waals surface area contributed by atoms with Gasteiger partial charge in [0.05, 0.1) is 18.4 Å². The van der Waals surface area contributed by atoms with Gasteiger partial charge in [-0.15, -0.1) is 0 Å². The van der Waals surface area contributed by atoms with Gasteiger partial charge in [0.1, 0.15) is 24.1 Å². The molecule has 1 atom stereocenters. The molecular formula is C25H28N2O5. The van der Waals surface area contributed by atoms with E-state index in [1.54, 1.807) is 30.5 Å². The Kier molecular flexibility index (Phi) is 7.65. The minimum absolute atomic E-state index is 0.192. The second-order valence-corrected chi connectivity index (χ2v) is 7.50. The molecule has 0 saturated heterocycles. The van der Waals surface area contributed by atoms with Gasteiger partial charge in [0.25, 0.3) is 0 Å². The smallest absolute Gasteiger partial charge is 0.338 e. The Morgan fingerprint density at radius 3 is 2.50 bits per heavy atom. The quantitative estimate of drug-likeness (QED) is 0.454. The Balaban J connectivity index is 1.75. The van der Waals surface area contributed by atoms with Gasteiger partial charge in [-0.3, -0.25) is 4.79 Å². The molecule has 0 aliphatic heterocycles. The van der Waals surface area contributed by atoms with Crippen molar-refractivity contribution in [3.05, 3.63) is 82.4 Å². The molecule has 0 radical (unpaired) electrons. The maximum Gasteiger partial charge on any atom is 0.338 e. The van der Waals surface area contributed by atoms with Crippen LogP contribution >= 0.6 is 0 Å². The van der Waals surface area contributed by atoms with Gasteiger partial charge >= 0.3 is 11.9 Å². The first-order valence-corrected chi connectivity index (χ1v) is 10.7. The molecule has 7 nitrogen and oxygen atoms in total. The molecule has 2 N–H and O–H groups in total. The summed E-state index contributed by atoms with van der Waals surface area (Å²) in [6.45, 7) is 4.26. The fourth-order valence-electron chi connectivity index (χ4n) is 3.53. The fourth-order valence-corrected chi connectivity index (χ4v) is 3.53. The number of nitrogens with one attached hydrogen (secondary N) is 1. The van der Waals surface area contributed by atoms with Crippen molar-refractivity contribution in [2.45, 2.75) is 45.6 Å². The number of rotatable bonds is 10. The summed E-state index contributed by atoms with van der Waals surface area (Å²) in [6, 6.07) is 12.6. The lowest BCUT2D eigenvalue weighted by molar-refractivity contribution is -0.137. The van der Waals surface area contributed by atoms with Crippen LogP contribution in [0.25, 0.3) is 0 Å². The first-order valence-electron chi connectivity index (χ1n) is 10.7. The summed E-state index contributed by atoms with van der Waals surface area (Å²) < 4.78 is 10.8. The van der Waals surface area contributed by atoms with Crippen LogP contribution in [0.4, 0.5) is 0 Å². The van der Waals surface area contributed by atoms with E-state index in [4.69, 9.17) is 9.47 Å². The number of H-pyrrole nitrogens is 1. The summed E-state index contributed by atoms with van der Waals surface area (Å²) in [5, 5.41) is 9.77. The zero-order chi connectivity index (χ0) is 23.1. The number of carbonyl (C=O) groups excluding carboxylic acids is 1. The number of aliphatic carboxylic acids is 1. The summed E-state index contributed by atoms with van der Waals surface area (Å²) in [7, 11) is 1.36. The lowest BCUT2D eigenvalue weighted by Crippen LogP contribution is -2.13. The van der Waals surface area contributed by atoms with Gasteiger partial charge in [-0.05, 0) is 42.2 Å². The van der Waals surface area contributed by atoms with Crippen LogP contribution in [0.15, 0.2) is 48.7 Å². The highest BCUT2D eigenvalue weighted by atomic mass is 16.5. The molecule has 7 heteroatoms. The Bertz CT molecular complexity index is 1070. The molecule has 168 valence electrons. The number of carboxylic acid groups (broad SMARTS) is 1. The molecule has 0 spiro atoms. The molecule has 1 heterocycles. The molecule has 0 aliphatic carbocycles. The van der Waals surface area contributed by atoms with Crippen LogP contribution in [0.3, 0.4) is 0 Å². The molecule has 0 aliphatic rings. The first kappa shape index (κ1) is 23.1. The van der Waals surface area contributed by atoms with E-state index in [1.807, 2.05) is 32.0 Å². The third kappa shape index (κ3) is 5.35. The average molecular weight is 437 g/mol. The summed E-state index contributed by atoms with van der Waals surface area (Å²) in [6.07, 6.45) is 4.09. The highest BCUT2D eigenvalue weighted by Crippen LogP contribution is 2.26. The highest BCUT2D eigenvalue weighted by Gasteiger charge is 2.24. The number of hydrogen-bond acceptors (Lipinski definition) is 5. The number of hydrogen-bond donors (Lipinski definition) is 2. The topological polar surface area (TPSA) is 102 Å². The van der Waals surface area contributed by atoms with Crippen LogP contribution in [0, 0.1) is 0 Å². The molecule has 0 amide bonds. The van der Waals surface area contributed by atoms with E-state index < -0.39 is 17.9 Å². The van der Waals surface area contributed by atoms with Crippen molar-refractivity contribution in [1.29, 1.82) is 0 Å². The molecule has 0 bridgehead atoms. The molecule has 0 saturated carbocycles. The summed E-state index contributed by atoms with van der Waals surface area (Å²) in [5.74, 6) is -0.840. The Hall–Kier alpha value is -3.61. The summed E-state index contributed by atoms with van der Waals surface area (Å²) in [4.78, 5) is 31.5. The number of imidazole rings is 1. The zero-order valence-corrected chi connectivity index (χ0v) is 18.6. The van der Waals surface area contributed by atoms with Gasteiger partial charge in [0, 0.05) is 18.2 Å². The number of ether oxygens (including phenoxy) is 2. The number of aromatic nitrogens is 2. The highest BCUT2D eigenvalue weighted by molar-refractivity contribution is 5.91. The molecule has 0 fully saturated rings. The van der Waals surface area contributed by atoms with E-state index in [-0.39, 0.29) is 6.61 Å². The number of methoxy groups -OCH3 is 1. The van der Waals surface area contributed by atoms with E-state index in [0.29, 0.717) is 22.6 Å². The normalized spacial score (nSPS) is 11.7. The number of aryl methyl sites for hydroxylation is 2. The Morgan fingerprint density at radius 2 is 1.88 bits per heavy atom. The zero-order valence-electron chi connectivity index (χ0n) is 18.6. The predicted molar refractivity (Wildman–Crippen MR) is 120 cm³/mol. The molecule has 3 aromatic rings. The van der Waals surface area contributed by atoms with E-state index in [0.717, 1.165) is 36.2 Å². The van der Waals surface area contributed by atoms with Gasteiger partial charge in [-0.1, -0.05) is 38.1 Å². The molecular weight excluding hydrogens is 408 g/mol. The van der Waals surface area contributed by atoms with Crippen molar-refractivity contribution in [3.8, 4) is 5.75 Å². The van der Waals surface area contributed by atoms with Crippen LogP contribution < -0.4 is 4.74 Å². The van der Waals surface area contributed by atoms with Crippen LogP contribution in [-0.4, -0.2) is 34.1 Å². The molecule has 2 aromatic carbocycles. The lowest BCUT2D eigenvalue weighted by Gasteiger charge is -2.14. The third-order valence-corrected chi connectivity index (χ3v) is 5.29. The van der Waals surface area contributed by atoms with Crippen molar-refractivity contribution in [2.75, 3.05) is 7.11 Å². The number of aromatic amines is 1. The number of carboxylic acids is 1. The van der Waals surface area contributed by atoms with Crippen LogP contribution in [-0.2, 0) is 29.0 Å². The first-order chi connectivity index (χ1) is 15.5. The van der Waals surface area contributed by atoms with Gasteiger partial charge < -0.3 is 19.6 Å². The maximum absolute atomic E-state index is 12.1. The standard InChI is InChI=1S/C25H28N2O5/c1-4-6-22-26-14-21(27-22)23(24(28)29)17-9-11-19(12-10-17)32-15-18-8-7-16(5-2)13-20(18)25(30)31-3/h7-14,23H,4-6,15H2,1-3H3,(H,26,27)(H,28,29). The van der Waals surface area contributed by atoms with Crippen molar-refractivity contribution in [1.82, 2.24) is 9.97 Å². The predicted octanol–water partition coefficient (Wildman–Crippen LogP) is 4.51. The average Bonchev–Trinajstić information content (AvgIpc) is 3.26. The summed E-state index contributed by atoms with van der Waals surface area (Å²) in [5.41, 5.74) is 3.42. The molecule has 1 aromatic heterocycles. The fraction of sp³-hybridized carbons (Fsp3) is 0.320. The van der Waals surface area contributed by atoms with Crippen molar-refractivity contribution < 1.29 is 24.2 Å². The Morgan fingerprint density at radius 1 is 1.12 bits per heavy atom. The lowest BCUT2D eigenvalue weighted by atomic mass is 9.96. The second-order valence-electron chi connectivity index (χ2n) is 7.50. The van der Waals surface area contributed by atoms with E-state index in [2.05, 4.69) is 9.97 Å². The molecule has 32 heavy (non-hydrogen) atoms. The van der Waals surface area contributed by atoms with Crippen LogP contribution in [0.2, 0.25) is 0 Å². The van der Waals surface area contributed by atoms with Crippen molar-refractivity contribution in [3.63, 3.8) is 0 Å². The number of esters is 1. The van der Waals surface area contributed by atoms with Crippen molar-refractivity contribution in [2.24, 2.45) is 0 Å². The van der Waals surface area contributed by atoms with Gasteiger partial charge in [0.15, 0.2) is 0 Å². The SMILES string of the molecule is CCCc1ncc(C(C(=O)O)c2ccc(OCc3ccc(CC)cc3C(=O)OC)cc2)[nH]1. The molecule has 1 unspecified atom stereocenters. The minimum atomic E-state index is -0.955. The second kappa shape index (κ2) is 10.6. The van der Waals surface area contributed by atoms with Crippen LogP contribution in [0.1, 0.15) is 64.8 Å². The van der Waals surface area contributed by atoms with E-state index >= 15 is 0 Å². The summed E-state index contributed by atoms with van der Waals surface area (Å²) >= 11 is 0. The Labute approximate surface area is 187 Å². The van der Waals surface area contributed by atoms with E-state index in [1.165, 1.54) is 7.11 Å². The van der Waals surface area contributed by atoms with Gasteiger partial charge in [-0.2, -0.15) is 0 Å². The molecule has 3 rings (SSSR count). The number of carbonyl (C=O) groups is 2. The largest absolute Gasteiger partial charge is 0.489 e. The van der Waals surface area contributed by atoms with Crippen molar-refractivity contribution >= 4 is 11.9 Å². The minimum Gasteiger partial charge on any atom is -0.489 e. The van der Waals surface area contributed by atoms with Gasteiger partial charge in [-0.25, -0.2) is 9.78 Å². The number of benzene rings is 2. The van der Waals surface area contributed by atoms with E-state index in [9.17, 15) is 14.7 Å². The third-order valence-electron chi connectivity index (χ3n) is 5.29. The monoisotopic (exact) mass is 436 g/mol.